The normalized spacial score (nSPS) is 12.3. The van der Waals surface area contributed by atoms with Gasteiger partial charge in [-0.3, -0.25) is 0 Å². The minimum Gasteiger partial charge on any atom is -0.497 e. The Kier molecular flexibility index (Phi) is 3.64. The fraction of sp³-hybridized carbons (Fsp3) is 0.167. The third kappa shape index (κ3) is 2.68. The van der Waals surface area contributed by atoms with Gasteiger partial charge in [0.2, 0.25) is 0 Å². The standard InChI is InChI=1S/C12H12N2O/c1-4-10-8-14-12(7-13)6-11(10)5-9(2)15-3/h4-6,8H,2H2,1,3H3/b10-4-,11-5-. The summed E-state index contributed by atoms with van der Waals surface area (Å²) in [7, 11) is 1.56. The molecule has 3 nitrogen and oxygen atoms in total. The average molecular weight is 200 g/mol. The van der Waals surface area contributed by atoms with Crippen molar-refractivity contribution in [3.63, 3.8) is 0 Å². The number of allylic oxidation sites excluding steroid dienone is 1. The van der Waals surface area contributed by atoms with Crippen LogP contribution >= 0.6 is 0 Å². The lowest BCUT2D eigenvalue weighted by molar-refractivity contribution is 0.315. The van der Waals surface area contributed by atoms with Gasteiger partial charge in [-0.1, -0.05) is 12.7 Å². The van der Waals surface area contributed by atoms with E-state index in [1.807, 2.05) is 19.1 Å². The van der Waals surface area contributed by atoms with Gasteiger partial charge in [0.15, 0.2) is 0 Å². The summed E-state index contributed by atoms with van der Waals surface area (Å²) in [5, 5.41) is 10.6. The van der Waals surface area contributed by atoms with Crippen LogP contribution in [0.25, 0.3) is 12.2 Å². The number of pyridine rings is 1. The van der Waals surface area contributed by atoms with Crippen molar-refractivity contribution in [3.8, 4) is 6.07 Å². The summed E-state index contributed by atoms with van der Waals surface area (Å²) in [6.45, 7) is 5.62. The van der Waals surface area contributed by atoms with E-state index < -0.39 is 0 Å². The lowest BCUT2D eigenvalue weighted by Crippen LogP contribution is -2.25. The lowest BCUT2D eigenvalue weighted by atomic mass is 10.2. The van der Waals surface area contributed by atoms with Crippen molar-refractivity contribution >= 4 is 12.2 Å². The molecule has 0 N–H and O–H groups in total. The Morgan fingerprint density at radius 1 is 1.60 bits per heavy atom. The molecule has 0 saturated heterocycles. The number of rotatable bonds is 2. The number of methoxy groups -OCH3 is 1. The number of nitriles is 1. The quantitative estimate of drug-likeness (QED) is 0.660. The minimum atomic E-state index is 0.385. The molecule has 0 radical (unpaired) electrons. The van der Waals surface area contributed by atoms with Crippen molar-refractivity contribution in [1.82, 2.24) is 4.98 Å². The Morgan fingerprint density at radius 2 is 2.33 bits per heavy atom. The number of hydrogen-bond donors (Lipinski definition) is 0. The first-order chi connectivity index (χ1) is 7.21. The van der Waals surface area contributed by atoms with Gasteiger partial charge in [-0.15, -0.1) is 0 Å². The Balaban J connectivity index is 3.45. The van der Waals surface area contributed by atoms with E-state index in [0.717, 1.165) is 10.4 Å². The molecule has 0 aliphatic heterocycles. The maximum atomic E-state index is 8.73. The highest BCUT2D eigenvalue weighted by molar-refractivity contribution is 5.43. The zero-order valence-corrected chi connectivity index (χ0v) is 8.82. The molecule has 1 heterocycles. The summed E-state index contributed by atoms with van der Waals surface area (Å²) in [6, 6.07) is 3.70. The van der Waals surface area contributed by atoms with E-state index in [-0.39, 0.29) is 0 Å². The summed E-state index contributed by atoms with van der Waals surface area (Å²) in [5.41, 5.74) is 0.385. The molecule has 0 aromatic carbocycles. The van der Waals surface area contributed by atoms with Crippen LogP contribution in [0, 0.1) is 11.3 Å². The first-order valence-corrected chi connectivity index (χ1v) is 4.48. The van der Waals surface area contributed by atoms with E-state index in [9.17, 15) is 0 Å². The smallest absolute Gasteiger partial charge is 0.141 e. The first-order valence-electron chi connectivity index (χ1n) is 4.48. The molecule has 15 heavy (non-hydrogen) atoms. The Labute approximate surface area is 88.6 Å². The largest absolute Gasteiger partial charge is 0.497 e. The van der Waals surface area contributed by atoms with Gasteiger partial charge in [0.25, 0.3) is 0 Å². The summed E-state index contributed by atoms with van der Waals surface area (Å²) >= 11 is 0. The molecule has 0 unspecified atom stereocenters. The van der Waals surface area contributed by atoms with Gasteiger partial charge < -0.3 is 4.74 Å². The van der Waals surface area contributed by atoms with Crippen LogP contribution in [0.5, 0.6) is 0 Å². The predicted molar refractivity (Wildman–Crippen MR) is 59.0 cm³/mol. The van der Waals surface area contributed by atoms with Crippen LogP contribution in [-0.4, -0.2) is 12.1 Å². The third-order valence-corrected chi connectivity index (χ3v) is 1.97. The topological polar surface area (TPSA) is 45.9 Å². The van der Waals surface area contributed by atoms with Crippen molar-refractivity contribution < 1.29 is 4.74 Å². The van der Waals surface area contributed by atoms with Crippen LogP contribution in [-0.2, 0) is 4.74 Å². The van der Waals surface area contributed by atoms with Gasteiger partial charge in [0.1, 0.15) is 17.5 Å². The molecular weight excluding hydrogens is 188 g/mol. The highest BCUT2D eigenvalue weighted by Gasteiger charge is 1.93. The zero-order valence-electron chi connectivity index (χ0n) is 8.82. The first kappa shape index (κ1) is 11.0. The van der Waals surface area contributed by atoms with Gasteiger partial charge in [0, 0.05) is 6.20 Å². The molecule has 0 atom stereocenters. The number of aromatic nitrogens is 1. The summed E-state index contributed by atoms with van der Waals surface area (Å²) in [5.74, 6) is 0.549. The SMILES string of the molecule is C=C(/C=c1/cc(C#N)nc/c1=C/C)OC. The summed E-state index contributed by atoms with van der Waals surface area (Å²) < 4.78 is 4.96. The van der Waals surface area contributed by atoms with Crippen LogP contribution in [0.4, 0.5) is 0 Å². The molecule has 0 fully saturated rings. The van der Waals surface area contributed by atoms with Crippen molar-refractivity contribution in [1.29, 1.82) is 5.26 Å². The molecule has 1 rings (SSSR count). The average Bonchev–Trinajstić information content (AvgIpc) is 2.28. The number of ether oxygens (including phenoxy) is 1. The van der Waals surface area contributed by atoms with Crippen molar-refractivity contribution in [2.24, 2.45) is 0 Å². The highest BCUT2D eigenvalue weighted by Crippen LogP contribution is 1.90. The minimum absolute atomic E-state index is 0.385. The Hall–Kier alpha value is -2.08. The molecule has 3 heteroatoms. The molecule has 1 aromatic rings. The van der Waals surface area contributed by atoms with Crippen LogP contribution in [0.3, 0.4) is 0 Å². The number of nitrogens with zero attached hydrogens (tertiary/aromatic N) is 2. The van der Waals surface area contributed by atoms with Crippen LogP contribution in [0.15, 0.2) is 24.6 Å². The molecular formula is C12H12N2O. The molecule has 0 spiro atoms. The molecule has 0 aliphatic carbocycles. The molecule has 1 aromatic heterocycles. The fourth-order valence-corrected chi connectivity index (χ4v) is 1.14. The molecule has 76 valence electrons. The molecule has 0 saturated carbocycles. The number of hydrogen-bond acceptors (Lipinski definition) is 3. The molecule has 0 bridgehead atoms. The maximum Gasteiger partial charge on any atom is 0.141 e. The molecule has 0 aliphatic rings. The van der Waals surface area contributed by atoms with E-state index in [1.54, 1.807) is 25.4 Å². The van der Waals surface area contributed by atoms with Gasteiger partial charge in [-0.2, -0.15) is 5.26 Å². The van der Waals surface area contributed by atoms with E-state index >= 15 is 0 Å². The van der Waals surface area contributed by atoms with Crippen molar-refractivity contribution in [2.75, 3.05) is 7.11 Å². The molecule has 0 amide bonds. The second kappa shape index (κ2) is 4.97. The second-order valence-electron chi connectivity index (χ2n) is 2.91. The lowest BCUT2D eigenvalue weighted by Gasteiger charge is -1.96. The maximum absolute atomic E-state index is 8.73. The summed E-state index contributed by atoms with van der Waals surface area (Å²) in [6.07, 6.45) is 5.36. The van der Waals surface area contributed by atoms with E-state index in [4.69, 9.17) is 10.00 Å². The van der Waals surface area contributed by atoms with Gasteiger partial charge in [0.05, 0.1) is 7.11 Å². The van der Waals surface area contributed by atoms with Crippen LogP contribution < -0.4 is 10.4 Å². The predicted octanol–water partition coefficient (Wildman–Crippen LogP) is 0.694. The Bertz CT molecular complexity index is 524. The van der Waals surface area contributed by atoms with Crippen molar-refractivity contribution in [2.45, 2.75) is 6.92 Å². The van der Waals surface area contributed by atoms with Gasteiger partial charge in [-0.05, 0) is 29.5 Å². The van der Waals surface area contributed by atoms with E-state index in [0.29, 0.717) is 11.5 Å². The van der Waals surface area contributed by atoms with E-state index in [1.165, 1.54) is 0 Å². The van der Waals surface area contributed by atoms with Crippen LogP contribution in [0.2, 0.25) is 0 Å². The Morgan fingerprint density at radius 3 is 2.87 bits per heavy atom. The van der Waals surface area contributed by atoms with Crippen LogP contribution in [0.1, 0.15) is 12.6 Å². The third-order valence-electron chi connectivity index (χ3n) is 1.97. The fourth-order valence-electron chi connectivity index (χ4n) is 1.14. The van der Waals surface area contributed by atoms with Gasteiger partial charge in [-0.25, -0.2) is 4.98 Å². The van der Waals surface area contributed by atoms with E-state index in [2.05, 4.69) is 11.6 Å². The second-order valence-corrected chi connectivity index (χ2v) is 2.91. The van der Waals surface area contributed by atoms with Gasteiger partial charge >= 0.3 is 0 Å². The monoisotopic (exact) mass is 200 g/mol. The highest BCUT2D eigenvalue weighted by atomic mass is 16.5. The summed E-state index contributed by atoms with van der Waals surface area (Å²) in [4.78, 5) is 3.98. The zero-order chi connectivity index (χ0) is 11.3. The van der Waals surface area contributed by atoms with Crippen molar-refractivity contribution in [3.05, 3.63) is 40.7 Å².